The molecule has 0 radical (unpaired) electrons. The zero-order valence-corrected chi connectivity index (χ0v) is 17.0. The summed E-state index contributed by atoms with van der Waals surface area (Å²) in [6.45, 7) is 11.6. The Labute approximate surface area is 164 Å². The van der Waals surface area contributed by atoms with Gasteiger partial charge in [-0.05, 0) is 57.0 Å². The van der Waals surface area contributed by atoms with Gasteiger partial charge in [-0.3, -0.25) is 14.6 Å². The molecule has 0 aliphatic carbocycles. The van der Waals surface area contributed by atoms with E-state index < -0.39 is 0 Å². The average Bonchev–Trinajstić information content (AvgIpc) is 2.70. The number of amides is 1. The molecule has 2 heterocycles. The van der Waals surface area contributed by atoms with Crippen molar-refractivity contribution in [2.45, 2.75) is 52.1 Å². The van der Waals surface area contributed by atoms with Crippen molar-refractivity contribution in [3.05, 3.63) is 29.8 Å². The molecule has 2 fully saturated rings. The predicted octanol–water partition coefficient (Wildman–Crippen LogP) is 2.99. The molecule has 150 valence electrons. The number of carbonyl (C=O) groups is 1. The van der Waals surface area contributed by atoms with Gasteiger partial charge in [-0.1, -0.05) is 25.5 Å². The summed E-state index contributed by atoms with van der Waals surface area (Å²) in [6.07, 6.45) is 4.58. The number of likely N-dealkylation sites (tertiary alicyclic amines) is 1. The topological polar surface area (TPSA) is 36.0 Å². The van der Waals surface area contributed by atoms with Crippen LogP contribution in [0.3, 0.4) is 0 Å². The van der Waals surface area contributed by atoms with E-state index in [2.05, 4.69) is 33.8 Å². The molecular weight excluding hydrogens is 338 g/mol. The molecule has 5 heteroatoms. The highest BCUT2D eigenvalue weighted by Gasteiger charge is 2.32. The van der Waals surface area contributed by atoms with Crippen molar-refractivity contribution in [2.75, 3.05) is 45.9 Å². The molecule has 0 bridgehead atoms. The molecule has 0 spiro atoms. The monoisotopic (exact) mass is 373 g/mol. The van der Waals surface area contributed by atoms with Crippen LogP contribution in [-0.4, -0.2) is 72.5 Å². The second-order valence-electron chi connectivity index (χ2n) is 7.73. The molecule has 1 amide bonds. The Bertz CT molecular complexity index is 580. The third-order valence-electron chi connectivity index (χ3n) is 5.73. The Kier molecular flexibility index (Phi) is 7.53. The standard InChI is InChI=1S/C22H35N3O2/c1-3-12-24-13-6-5-7-21(24)22(26)25-16-14-23(15-17-25)18-19-8-10-20(11-9-19)27-4-2/h8-11,21H,3-7,12-18H2,1-2H3. The molecule has 0 aromatic heterocycles. The van der Waals surface area contributed by atoms with Gasteiger partial charge in [0.1, 0.15) is 5.75 Å². The molecule has 2 aliphatic rings. The molecule has 1 atom stereocenters. The Morgan fingerprint density at radius 2 is 1.78 bits per heavy atom. The van der Waals surface area contributed by atoms with Crippen LogP contribution in [-0.2, 0) is 11.3 Å². The highest BCUT2D eigenvalue weighted by atomic mass is 16.5. The van der Waals surface area contributed by atoms with E-state index in [-0.39, 0.29) is 6.04 Å². The van der Waals surface area contributed by atoms with Gasteiger partial charge in [0.25, 0.3) is 0 Å². The van der Waals surface area contributed by atoms with Gasteiger partial charge in [-0.25, -0.2) is 0 Å². The molecule has 0 N–H and O–H groups in total. The zero-order valence-electron chi connectivity index (χ0n) is 17.0. The van der Waals surface area contributed by atoms with Crippen LogP contribution in [0.1, 0.15) is 45.1 Å². The van der Waals surface area contributed by atoms with Crippen LogP contribution in [0, 0.1) is 0 Å². The molecular formula is C22H35N3O2. The second kappa shape index (κ2) is 10.1. The summed E-state index contributed by atoms with van der Waals surface area (Å²) in [7, 11) is 0. The molecule has 2 aliphatic heterocycles. The third-order valence-corrected chi connectivity index (χ3v) is 5.73. The van der Waals surface area contributed by atoms with Gasteiger partial charge < -0.3 is 9.64 Å². The van der Waals surface area contributed by atoms with E-state index in [4.69, 9.17) is 4.74 Å². The SMILES string of the molecule is CCCN1CCCCC1C(=O)N1CCN(Cc2ccc(OCC)cc2)CC1. The van der Waals surface area contributed by atoms with E-state index in [1.165, 1.54) is 18.4 Å². The number of ether oxygens (including phenoxy) is 1. The fraction of sp³-hybridized carbons (Fsp3) is 0.682. The number of hydrogen-bond acceptors (Lipinski definition) is 4. The Balaban J connectivity index is 1.48. The van der Waals surface area contributed by atoms with Gasteiger partial charge in [0.2, 0.25) is 5.91 Å². The first-order valence-electron chi connectivity index (χ1n) is 10.7. The van der Waals surface area contributed by atoms with Gasteiger partial charge in [-0.2, -0.15) is 0 Å². The first-order valence-corrected chi connectivity index (χ1v) is 10.7. The highest BCUT2D eigenvalue weighted by molar-refractivity contribution is 5.82. The molecule has 3 rings (SSSR count). The van der Waals surface area contributed by atoms with E-state index >= 15 is 0 Å². The minimum absolute atomic E-state index is 0.122. The molecule has 27 heavy (non-hydrogen) atoms. The number of carbonyl (C=O) groups excluding carboxylic acids is 1. The van der Waals surface area contributed by atoms with E-state index in [0.29, 0.717) is 12.5 Å². The molecule has 1 unspecified atom stereocenters. The van der Waals surface area contributed by atoms with Crippen LogP contribution < -0.4 is 4.74 Å². The second-order valence-corrected chi connectivity index (χ2v) is 7.73. The van der Waals surface area contributed by atoms with E-state index in [1.54, 1.807) is 0 Å². The molecule has 1 aromatic carbocycles. The zero-order chi connectivity index (χ0) is 19.1. The van der Waals surface area contributed by atoms with Crippen molar-refractivity contribution in [3.8, 4) is 5.75 Å². The third kappa shape index (κ3) is 5.45. The van der Waals surface area contributed by atoms with Gasteiger partial charge in [0.05, 0.1) is 12.6 Å². The van der Waals surface area contributed by atoms with Crippen LogP contribution in [0.25, 0.3) is 0 Å². The molecule has 1 aromatic rings. The maximum atomic E-state index is 13.1. The average molecular weight is 374 g/mol. The molecule has 5 nitrogen and oxygen atoms in total. The number of rotatable bonds is 7. The maximum absolute atomic E-state index is 13.1. The van der Waals surface area contributed by atoms with E-state index in [0.717, 1.165) is 64.4 Å². The molecule has 2 saturated heterocycles. The smallest absolute Gasteiger partial charge is 0.240 e. The predicted molar refractivity (Wildman–Crippen MR) is 109 cm³/mol. The Hall–Kier alpha value is -1.59. The molecule has 0 saturated carbocycles. The van der Waals surface area contributed by atoms with Crippen molar-refractivity contribution in [2.24, 2.45) is 0 Å². The lowest BCUT2D eigenvalue weighted by atomic mass is 10.00. The highest BCUT2D eigenvalue weighted by Crippen LogP contribution is 2.21. The van der Waals surface area contributed by atoms with Gasteiger partial charge in [0.15, 0.2) is 0 Å². The van der Waals surface area contributed by atoms with Gasteiger partial charge >= 0.3 is 0 Å². The summed E-state index contributed by atoms with van der Waals surface area (Å²) in [6, 6.07) is 8.50. The first-order chi connectivity index (χ1) is 13.2. The Morgan fingerprint density at radius 1 is 1.04 bits per heavy atom. The minimum Gasteiger partial charge on any atom is -0.494 e. The maximum Gasteiger partial charge on any atom is 0.240 e. The van der Waals surface area contributed by atoms with Crippen molar-refractivity contribution in [1.29, 1.82) is 0 Å². The van der Waals surface area contributed by atoms with Gasteiger partial charge in [-0.15, -0.1) is 0 Å². The number of hydrogen-bond donors (Lipinski definition) is 0. The lowest BCUT2D eigenvalue weighted by molar-refractivity contribution is -0.140. The summed E-state index contributed by atoms with van der Waals surface area (Å²) in [4.78, 5) is 20.0. The summed E-state index contributed by atoms with van der Waals surface area (Å²) in [5, 5.41) is 0. The fourth-order valence-corrected chi connectivity index (χ4v) is 4.28. The van der Waals surface area contributed by atoms with E-state index in [1.807, 2.05) is 19.1 Å². The van der Waals surface area contributed by atoms with Crippen LogP contribution in [0.5, 0.6) is 5.75 Å². The largest absolute Gasteiger partial charge is 0.494 e. The van der Waals surface area contributed by atoms with Crippen LogP contribution in [0.4, 0.5) is 0 Å². The Morgan fingerprint density at radius 3 is 2.44 bits per heavy atom. The van der Waals surface area contributed by atoms with Crippen molar-refractivity contribution in [3.63, 3.8) is 0 Å². The lowest BCUT2D eigenvalue weighted by Gasteiger charge is -2.40. The summed E-state index contributed by atoms with van der Waals surface area (Å²) < 4.78 is 5.51. The van der Waals surface area contributed by atoms with Crippen molar-refractivity contribution < 1.29 is 9.53 Å². The normalized spacial score (nSPS) is 22.0. The number of benzene rings is 1. The van der Waals surface area contributed by atoms with Crippen molar-refractivity contribution >= 4 is 5.91 Å². The van der Waals surface area contributed by atoms with Crippen LogP contribution >= 0.6 is 0 Å². The quantitative estimate of drug-likeness (QED) is 0.736. The number of piperazine rings is 1. The summed E-state index contributed by atoms with van der Waals surface area (Å²) >= 11 is 0. The minimum atomic E-state index is 0.122. The van der Waals surface area contributed by atoms with E-state index in [9.17, 15) is 4.79 Å². The van der Waals surface area contributed by atoms with Gasteiger partial charge in [0, 0.05) is 32.7 Å². The fourth-order valence-electron chi connectivity index (χ4n) is 4.28. The first kappa shape index (κ1) is 20.2. The number of nitrogens with zero attached hydrogens (tertiary/aromatic N) is 3. The summed E-state index contributed by atoms with van der Waals surface area (Å²) in [5.74, 6) is 1.30. The van der Waals surface area contributed by atoms with Crippen LogP contribution in [0.2, 0.25) is 0 Å². The summed E-state index contributed by atoms with van der Waals surface area (Å²) in [5.41, 5.74) is 1.31. The number of piperidine rings is 1. The van der Waals surface area contributed by atoms with Crippen molar-refractivity contribution in [1.82, 2.24) is 14.7 Å². The van der Waals surface area contributed by atoms with Crippen LogP contribution in [0.15, 0.2) is 24.3 Å². The lowest BCUT2D eigenvalue weighted by Crippen LogP contribution is -2.56.